The lowest BCUT2D eigenvalue weighted by atomic mass is 10.1. The van der Waals surface area contributed by atoms with Crippen molar-refractivity contribution >= 4 is 50.8 Å². The molecule has 0 unspecified atom stereocenters. The second kappa shape index (κ2) is 10.8. The third-order valence-corrected chi connectivity index (χ3v) is 8.02. The number of rotatable bonds is 3. The van der Waals surface area contributed by atoms with Crippen molar-refractivity contribution in [3.05, 3.63) is 53.4 Å². The van der Waals surface area contributed by atoms with E-state index in [1.54, 1.807) is 51.5 Å². The fourth-order valence-electron chi connectivity index (χ4n) is 4.71. The number of hydrogen-bond acceptors (Lipinski definition) is 7. The molecule has 0 N–H and O–H groups in total. The maximum absolute atomic E-state index is 13.3. The highest BCUT2D eigenvalue weighted by molar-refractivity contribution is 7.20. The Morgan fingerprint density at radius 1 is 1.03 bits per heavy atom. The minimum absolute atomic E-state index is 0.114. The van der Waals surface area contributed by atoms with Crippen LogP contribution < -0.4 is 9.80 Å². The predicted octanol–water partition coefficient (Wildman–Crippen LogP) is 5.23. The van der Waals surface area contributed by atoms with Crippen LogP contribution in [0.1, 0.15) is 32.1 Å². The number of carbonyl (C=O) groups excluding carboxylic acids is 2. The highest BCUT2D eigenvalue weighted by atomic mass is 32.1. The highest BCUT2D eigenvalue weighted by Gasteiger charge is 2.28. The molecule has 206 valence electrons. The lowest BCUT2D eigenvalue weighted by molar-refractivity contribution is 0.0270. The summed E-state index contributed by atoms with van der Waals surface area (Å²) in [7, 11) is 1.70. The van der Waals surface area contributed by atoms with Gasteiger partial charge in [0.15, 0.2) is 0 Å². The molecule has 2 aliphatic rings. The van der Waals surface area contributed by atoms with Crippen molar-refractivity contribution in [1.82, 2.24) is 19.8 Å². The zero-order chi connectivity index (χ0) is 27.7. The molecular weight excluding hydrogens is 519 g/mol. The van der Waals surface area contributed by atoms with Gasteiger partial charge >= 0.3 is 12.1 Å². The molecule has 2 aliphatic heterocycles. The summed E-state index contributed by atoms with van der Waals surface area (Å²) in [6, 6.07) is 7.90. The first-order chi connectivity index (χ1) is 18.6. The number of anilines is 2. The summed E-state index contributed by atoms with van der Waals surface area (Å²) in [5.41, 5.74) is 2.23. The van der Waals surface area contributed by atoms with Crippen LogP contribution in [-0.4, -0.2) is 83.8 Å². The van der Waals surface area contributed by atoms with Crippen LogP contribution in [0.25, 0.3) is 15.8 Å². The molecule has 1 saturated heterocycles. The Hall–Kier alpha value is -3.73. The van der Waals surface area contributed by atoms with Crippen LogP contribution >= 0.6 is 11.3 Å². The highest BCUT2D eigenvalue weighted by Crippen LogP contribution is 2.37. The fraction of sp³-hybridized carbons (Fsp3) is 0.429. The van der Waals surface area contributed by atoms with Crippen molar-refractivity contribution in [1.29, 1.82) is 0 Å². The lowest BCUT2D eigenvalue weighted by Crippen LogP contribution is -2.52. The molecule has 3 amide bonds. The minimum atomic E-state index is -0.515. The molecular formula is C28H33FN6O3S. The monoisotopic (exact) mass is 552 g/mol. The van der Waals surface area contributed by atoms with Crippen molar-refractivity contribution in [2.75, 3.05) is 56.1 Å². The van der Waals surface area contributed by atoms with Gasteiger partial charge in [0.2, 0.25) is 0 Å². The Labute approximate surface area is 231 Å². The van der Waals surface area contributed by atoms with Crippen LogP contribution in [0.15, 0.2) is 42.7 Å². The Bertz CT molecular complexity index is 1390. The molecule has 0 saturated carbocycles. The normalized spacial score (nSPS) is 16.3. The number of piperazine rings is 1. The number of hydrogen-bond donors (Lipinski definition) is 0. The number of thiophene rings is 1. The second-order valence-corrected chi connectivity index (χ2v) is 11.8. The van der Waals surface area contributed by atoms with E-state index in [0.29, 0.717) is 45.0 Å². The van der Waals surface area contributed by atoms with E-state index in [4.69, 9.17) is 4.74 Å². The van der Waals surface area contributed by atoms with E-state index < -0.39 is 5.60 Å². The van der Waals surface area contributed by atoms with Gasteiger partial charge in [-0.1, -0.05) is 6.08 Å². The van der Waals surface area contributed by atoms with Crippen LogP contribution in [0.5, 0.6) is 0 Å². The van der Waals surface area contributed by atoms with E-state index >= 15 is 0 Å². The van der Waals surface area contributed by atoms with E-state index in [1.807, 2.05) is 20.8 Å². The zero-order valence-electron chi connectivity index (χ0n) is 22.7. The first kappa shape index (κ1) is 26.9. The SMILES string of the molecule is CN(C(=O)N1CCN(c2ncnc3cc(C4=CCN(C(=O)OC(C)(C)C)CC4)sc23)CC1)c1ccc(F)cc1. The first-order valence-electron chi connectivity index (χ1n) is 13.0. The number of halogens is 1. The minimum Gasteiger partial charge on any atom is -0.444 e. The zero-order valence-corrected chi connectivity index (χ0v) is 23.5. The molecule has 11 heteroatoms. The van der Waals surface area contributed by atoms with Gasteiger partial charge in [0.05, 0.1) is 10.2 Å². The number of amides is 3. The van der Waals surface area contributed by atoms with Gasteiger partial charge in [0.25, 0.3) is 0 Å². The number of ether oxygens (including phenoxy) is 1. The summed E-state index contributed by atoms with van der Waals surface area (Å²) in [6.07, 6.45) is 4.14. The van der Waals surface area contributed by atoms with Crippen molar-refractivity contribution < 1.29 is 18.7 Å². The average Bonchev–Trinajstić information content (AvgIpc) is 3.37. The number of fused-ring (bicyclic) bond motifs is 1. The lowest BCUT2D eigenvalue weighted by Gasteiger charge is -2.37. The number of aromatic nitrogens is 2. The summed E-state index contributed by atoms with van der Waals surface area (Å²) >= 11 is 1.67. The molecule has 2 aromatic heterocycles. The summed E-state index contributed by atoms with van der Waals surface area (Å²) in [4.78, 5) is 43.0. The van der Waals surface area contributed by atoms with Crippen molar-refractivity contribution in [2.24, 2.45) is 0 Å². The largest absolute Gasteiger partial charge is 0.444 e. The number of carbonyl (C=O) groups is 2. The maximum atomic E-state index is 13.3. The molecule has 0 aliphatic carbocycles. The quantitative estimate of drug-likeness (QED) is 0.443. The van der Waals surface area contributed by atoms with Gasteiger partial charge < -0.3 is 19.4 Å². The summed E-state index contributed by atoms with van der Waals surface area (Å²) in [5.74, 6) is 0.547. The molecule has 0 spiro atoms. The smallest absolute Gasteiger partial charge is 0.410 e. The van der Waals surface area contributed by atoms with Gasteiger partial charge in [-0.15, -0.1) is 11.3 Å². The summed E-state index contributed by atoms with van der Waals surface area (Å²) in [5, 5.41) is 0. The molecule has 4 heterocycles. The van der Waals surface area contributed by atoms with Crippen molar-refractivity contribution in [2.45, 2.75) is 32.8 Å². The molecule has 9 nitrogen and oxygen atoms in total. The second-order valence-electron chi connectivity index (χ2n) is 10.7. The van der Waals surface area contributed by atoms with E-state index in [0.717, 1.165) is 27.3 Å². The van der Waals surface area contributed by atoms with Crippen molar-refractivity contribution in [3.63, 3.8) is 0 Å². The molecule has 0 bridgehead atoms. The van der Waals surface area contributed by atoms with E-state index in [-0.39, 0.29) is 17.9 Å². The van der Waals surface area contributed by atoms with Gasteiger partial charge in [-0.25, -0.2) is 23.9 Å². The number of benzene rings is 1. The van der Waals surface area contributed by atoms with Crippen molar-refractivity contribution in [3.8, 4) is 0 Å². The molecule has 0 atom stereocenters. The molecule has 3 aromatic rings. The third-order valence-electron chi connectivity index (χ3n) is 6.82. The van der Waals surface area contributed by atoms with Crippen LogP contribution in [0.2, 0.25) is 0 Å². The van der Waals surface area contributed by atoms with Gasteiger partial charge in [0, 0.05) is 56.9 Å². The number of urea groups is 1. The topological polar surface area (TPSA) is 82.1 Å². The third kappa shape index (κ3) is 5.98. The fourth-order valence-corrected chi connectivity index (χ4v) is 5.90. The molecule has 1 fully saturated rings. The Balaban J connectivity index is 1.25. The first-order valence-corrected chi connectivity index (χ1v) is 13.9. The molecule has 39 heavy (non-hydrogen) atoms. The van der Waals surface area contributed by atoms with Crippen LogP contribution in [-0.2, 0) is 4.74 Å². The Kier molecular flexibility index (Phi) is 7.44. The van der Waals surface area contributed by atoms with E-state index in [9.17, 15) is 14.0 Å². The van der Waals surface area contributed by atoms with E-state index in [2.05, 4.69) is 27.0 Å². The number of nitrogens with zero attached hydrogens (tertiary/aromatic N) is 6. The van der Waals surface area contributed by atoms with Gasteiger partial charge in [0.1, 0.15) is 23.6 Å². The maximum Gasteiger partial charge on any atom is 0.410 e. The summed E-state index contributed by atoms with van der Waals surface area (Å²) in [6.45, 7) is 9.14. The average molecular weight is 553 g/mol. The van der Waals surface area contributed by atoms with Crippen LogP contribution in [0.4, 0.5) is 25.5 Å². The Morgan fingerprint density at radius 3 is 2.38 bits per heavy atom. The predicted molar refractivity (Wildman–Crippen MR) is 152 cm³/mol. The van der Waals surface area contributed by atoms with Gasteiger partial charge in [-0.05, 0) is 63.1 Å². The van der Waals surface area contributed by atoms with Crippen LogP contribution in [0.3, 0.4) is 0 Å². The molecule has 5 rings (SSSR count). The molecule has 0 radical (unpaired) electrons. The van der Waals surface area contributed by atoms with Crippen LogP contribution in [0, 0.1) is 5.82 Å². The standard InChI is InChI=1S/C28H33FN6O3S/c1-28(2,3)38-27(37)35-11-9-19(10-12-35)23-17-22-24(39-23)25(31-18-30-22)33-13-15-34(16-14-33)26(36)32(4)21-7-5-20(29)6-8-21/h5-9,17-18H,10-16H2,1-4H3. The molecule has 1 aromatic carbocycles. The summed E-state index contributed by atoms with van der Waals surface area (Å²) < 4.78 is 19.8. The van der Waals surface area contributed by atoms with Gasteiger partial charge in [-0.2, -0.15) is 0 Å². The Morgan fingerprint density at radius 2 is 1.74 bits per heavy atom. The van der Waals surface area contributed by atoms with E-state index in [1.165, 1.54) is 17.7 Å². The van der Waals surface area contributed by atoms with Gasteiger partial charge in [-0.3, -0.25) is 4.90 Å².